The van der Waals surface area contributed by atoms with E-state index in [1.165, 1.54) is 18.2 Å². The van der Waals surface area contributed by atoms with E-state index in [4.69, 9.17) is 25.8 Å². The van der Waals surface area contributed by atoms with Gasteiger partial charge in [0, 0.05) is 13.1 Å². The number of carbonyl (C=O) groups is 1. The Hall–Kier alpha value is -2.49. The Morgan fingerprint density at radius 2 is 1.97 bits per heavy atom. The van der Waals surface area contributed by atoms with Gasteiger partial charge in [-0.05, 0) is 42.3 Å². The Labute approximate surface area is 174 Å². The summed E-state index contributed by atoms with van der Waals surface area (Å²) in [6.07, 6.45) is 0.676. The third-order valence-electron chi connectivity index (χ3n) is 4.04. The van der Waals surface area contributed by atoms with Gasteiger partial charge in [0.1, 0.15) is 5.75 Å². The highest BCUT2D eigenvalue weighted by Gasteiger charge is 2.16. The van der Waals surface area contributed by atoms with E-state index in [1.54, 1.807) is 12.1 Å². The van der Waals surface area contributed by atoms with Crippen molar-refractivity contribution in [3.63, 3.8) is 0 Å². The number of sulfonamides is 1. The number of halogens is 1. The summed E-state index contributed by atoms with van der Waals surface area (Å²) in [6.45, 7) is 2.43. The van der Waals surface area contributed by atoms with Crippen LogP contribution in [0.15, 0.2) is 41.3 Å². The lowest BCUT2D eigenvalue weighted by Crippen LogP contribution is -2.28. The summed E-state index contributed by atoms with van der Waals surface area (Å²) in [7, 11) is -3.63. The van der Waals surface area contributed by atoms with Crippen molar-refractivity contribution >= 4 is 27.5 Å². The van der Waals surface area contributed by atoms with Crippen LogP contribution in [0.25, 0.3) is 0 Å². The van der Waals surface area contributed by atoms with E-state index in [9.17, 15) is 13.2 Å². The van der Waals surface area contributed by atoms with Gasteiger partial charge in [-0.2, -0.15) is 0 Å². The summed E-state index contributed by atoms with van der Waals surface area (Å²) < 4.78 is 42.6. The molecule has 0 atom stereocenters. The van der Waals surface area contributed by atoms with Crippen molar-refractivity contribution in [3.8, 4) is 17.2 Å². The van der Waals surface area contributed by atoms with Gasteiger partial charge in [-0.1, -0.05) is 24.6 Å². The summed E-state index contributed by atoms with van der Waals surface area (Å²) >= 11 is 6.11. The summed E-state index contributed by atoms with van der Waals surface area (Å²) in [5, 5.41) is 2.83. The smallest absolute Gasteiger partial charge is 0.258 e. The van der Waals surface area contributed by atoms with Gasteiger partial charge in [-0.3, -0.25) is 4.79 Å². The number of ether oxygens (including phenoxy) is 3. The summed E-state index contributed by atoms with van der Waals surface area (Å²) in [5.41, 5.74) is 0.856. The fourth-order valence-electron chi connectivity index (χ4n) is 2.53. The van der Waals surface area contributed by atoms with Crippen molar-refractivity contribution < 1.29 is 27.4 Å². The van der Waals surface area contributed by atoms with Crippen LogP contribution in [0.4, 0.5) is 0 Å². The van der Waals surface area contributed by atoms with Gasteiger partial charge >= 0.3 is 0 Å². The van der Waals surface area contributed by atoms with Crippen LogP contribution in [0.2, 0.25) is 5.02 Å². The molecule has 156 valence electrons. The molecule has 1 heterocycles. The molecule has 2 aromatic rings. The van der Waals surface area contributed by atoms with E-state index in [0.717, 1.165) is 5.56 Å². The van der Waals surface area contributed by atoms with E-state index in [1.807, 2.05) is 13.0 Å². The fraction of sp³-hybridized carbons (Fsp3) is 0.316. The monoisotopic (exact) mass is 440 g/mol. The minimum absolute atomic E-state index is 0.0376. The van der Waals surface area contributed by atoms with Gasteiger partial charge in [0.15, 0.2) is 18.1 Å². The molecule has 1 aliphatic rings. The van der Waals surface area contributed by atoms with E-state index < -0.39 is 10.0 Å². The van der Waals surface area contributed by atoms with Crippen LogP contribution in [0.1, 0.15) is 18.9 Å². The summed E-state index contributed by atoms with van der Waals surface area (Å²) in [6, 6.07) is 9.51. The van der Waals surface area contributed by atoms with Gasteiger partial charge in [0.2, 0.25) is 16.8 Å². The number of hydrogen-bond donors (Lipinski definition) is 2. The van der Waals surface area contributed by atoms with E-state index >= 15 is 0 Å². The first-order valence-electron chi connectivity index (χ1n) is 8.96. The molecule has 8 nitrogen and oxygen atoms in total. The maximum Gasteiger partial charge on any atom is 0.258 e. The first-order valence-corrected chi connectivity index (χ1v) is 10.8. The first kappa shape index (κ1) is 21.2. The van der Waals surface area contributed by atoms with Crippen molar-refractivity contribution in [2.24, 2.45) is 0 Å². The Morgan fingerprint density at radius 3 is 2.72 bits per heavy atom. The second kappa shape index (κ2) is 9.34. The number of benzene rings is 2. The Morgan fingerprint density at radius 1 is 1.17 bits per heavy atom. The van der Waals surface area contributed by atoms with Crippen molar-refractivity contribution in [2.45, 2.75) is 24.8 Å². The number of rotatable bonds is 9. The zero-order valence-corrected chi connectivity index (χ0v) is 17.3. The summed E-state index contributed by atoms with van der Waals surface area (Å²) in [4.78, 5) is 12.1. The number of amides is 1. The molecule has 0 aliphatic carbocycles. The quantitative estimate of drug-likeness (QED) is 0.620. The third kappa shape index (κ3) is 5.53. The number of hydrogen-bond acceptors (Lipinski definition) is 6. The molecular formula is C19H21ClN2O6S. The SMILES string of the molecule is CCCNS(=O)(=O)c1ccc(OCC(=O)NCc2ccc3c(c2)OCO3)c(Cl)c1. The largest absolute Gasteiger partial charge is 0.482 e. The molecule has 1 amide bonds. The highest BCUT2D eigenvalue weighted by molar-refractivity contribution is 7.89. The highest BCUT2D eigenvalue weighted by atomic mass is 35.5. The van der Waals surface area contributed by atoms with Crippen LogP contribution in [0, 0.1) is 0 Å². The topological polar surface area (TPSA) is 103 Å². The second-order valence-corrected chi connectivity index (χ2v) is 8.42. The standard InChI is InChI=1S/C19H21ClN2O6S/c1-2-7-22-29(24,25)14-4-6-16(15(20)9-14)26-11-19(23)21-10-13-3-5-17-18(8-13)28-12-27-17/h3-6,8-9,22H,2,7,10-12H2,1H3,(H,21,23). The van der Waals surface area contributed by atoms with Gasteiger partial charge < -0.3 is 19.5 Å². The molecule has 2 N–H and O–H groups in total. The Bertz CT molecular complexity index is 996. The molecule has 29 heavy (non-hydrogen) atoms. The number of nitrogens with one attached hydrogen (secondary N) is 2. The molecule has 0 fully saturated rings. The predicted octanol–water partition coefficient (Wildman–Crippen LogP) is 2.45. The highest BCUT2D eigenvalue weighted by Crippen LogP contribution is 2.32. The maximum atomic E-state index is 12.1. The molecule has 0 radical (unpaired) electrons. The Balaban J connectivity index is 1.52. The van der Waals surface area contributed by atoms with Crippen LogP contribution in [-0.4, -0.2) is 34.3 Å². The van der Waals surface area contributed by atoms with Crippen molar-refractivity contribution in [1.82, 2.24) is 10.0 Å². The molecule has 0 saturated carbocycles. The molecule has 0 unspecified atom stereocenters. The van der Waals surface area contributed by atoms with Crippen LogP contribution in [0.3, 0.4) is 0 Å². The second-order valence-electron chi connectivity index (χ2n) is 6.24. The van der Waals surface area contributed by atoms with Crippen LogP contribution < -0.4 is 24.2 Å². The van der Waals surface area contributed by atoms with Gasteiger partial charge in [-0.15, -0.1) is 0 Å². The van der Waals surface area contributed by atoms with Crippen LogP contribution in [-0.2, 0) is 21.4 Å². The van der Waals surface area contributed by atoms with Gasteiger partial charge in [0.25, 0.3) is 5.91 Å². The average molecular weight is 441 g/mol. The molecule has 2 aromatic carbocycles. The molecule has 0 saturated heterocycles. The number of carbonyl (C=O) groups excluding carboxylic acids is 1. The first-order chi connectivity index (χ1) is 13.9. The van der Waals surface area contributed by atoms with Crippen molar-refractivity contribution in [3.05, 3.63) is 47.0 Å². The van der Waals surface area contributed by atoms with Crippen LogP contribution in [0.5, 0.6) is 17.2 Å². The number of fused-ring (bicyclic) bond motifs is 1. The lowest BCUT2D eigenvalue weighted by molar-refractivity contribution is -0.123. The molecule has 0 aromatic heterocycles. The average Bonchev–Trinajstić information content (AvgIpc) is 3.17. The zero-order chi connectivity index (χ0) is 20.9. The van der Waals surface area contributed by atoms with E-state index in [-0.39, 0.29) is 35.0 Å². The van der Waals surface area contributed by atoms with Gasteiger partial charge in [0.05, 0.1) is 9.92 Å². The minimum Gasteiger partial charge on any atom is -0.482 e. The van der Waals surface area contributed by atoms with E-state index in [0.29, 0.717) is 31.0 Å². The predicted molar refractivity (Wildman–Crippen MR) is 107 cm³/mol. The summed E-state index contributed by atoms with van der Waals surface area (Å²) in [5.74, 6) is 1.19. The molecule has 3 rings (SSSR count). The molecular weight excluding hydrogens is 420 g/mol. The Kier molecular flexibility index (Phi) is 6.83. The fourth-order valence-corrected chi connectivity index (χ4v) is 3.99. The maximum absolute atomic E-state index is 12.1. The van der Waals surface area contributed by atoms with Crippen LogP contribution >= 0.6 is 11.6 Å². The molecule has 0 spiro atoms. The normalized spacial score (nSPS) is 12.6. The van der Waals surface area contributed by atoms with Crippen molar-refractivity contribution in [1.29, 1.82) is 0 Å². The van der Waals surface area contributed by atoms with Gasteiger partial charge in [-0.25, -0.2) is 13.1 Å². The third-order valence-corrected chi connectivity index (χ3v) is 5.80. The molecule has 0 bridgehead atoms. The molecule has 1 aliphatic heterocycles. The lowest BCUT2D eigenvalue weighted by atomic mass is 10.2. The van der Waals surface area contributed by atoms with E-state index in [2.05, 4.69) is 10.0 Å². The minimum atomic E-state index is -3.63. The van der Waals surface area contributed by atoms with Crippen molar-refractivity contribution in [2.75, 3.05) is 19.9 Å². The lowest BCUT2D eigenvalue weighted by Gasteiger charge is -2.11. The molecule has 10 heteroatoms. The zero-order valence-electron chi connectivity index (χ0n) is 15.7.